The minimum Gasteiger partial charge on any atom is -0.453 e. The average Bonchev–Trinajstić information content (AvgIpc) is 3.19. The number of hydrogen-bond donors (Lipinski definition) is 4. The van der Waals surface area contributed by atoms with E-state index < -0.39 is 12.1 Å². The van der Waals surface area contributed by atoms with E-state index in [-0.39, 0.29) is 0 Å². The Morgan fingerprint density at radius 2 is 1.58 bits per heavy atom. The van der Waals surface area contributed by atoms with Gasteiger partial charge in [0.05, 0.1) is 28.2 Å². The summed E-state index contributed by atoms with van der Waals surface area (Å²) in [7, 11) is 1.29. The zero-order valence-electron chi connectivity index (χ0n) is 17.1. The van der Waals surface area contributed by atoms with E-state index in [9.17, 15) is 9.59 Å². The van der Waals surface area contributed by atoms with Crippen LogP contribution in [0.25, 0.3) is 11.0 Å². The molecule has 0 spiro atoms. The summed E-state index contributed by atoms with van der Waals surface area (Å²) in [6.45, 7) is 0. The van der Waals surface area contributed by atoms with Crippen molar-refractivity contribution in [2.75, 3.05) is 23.1 Å². The number of aromatic nitrogens is 2. The lowest BCUT2D eigenvalue weighted by atomic mass is 10.3. The summed E-state index contributed by atoms with van der Waals surface area (Å²) < 4.78 is 4.57. The number of aromatic amines is 1. The average molecular weight is 502 g/mol. The van der Waals surface area contributed by atoms with Gasteiger partial charge in [0.15, 0.2) is 0 Å². The van der Waals surface area contributed by atoms with Gasteiger partial charge in [0.1, 0.15) is 0 Å². The van der Waals surface area contributed by atoms with Crippen LogP contribution >= 0.6 is 35.0 Å². The van der Waals surface area contributed by atoms with Crippen LogP contribution in [0.15, 0.2) is 70.5 Å². The lowest BCUT2D eigenvalue weighted by Gasteiger charge is -2.09. The number of benzene rings is 3. The SMILES string of the molecule is COC(=O)Nc1nc2ccc(Sc3ccc(NC(=O)Nc4ccc(Cl)c(Cl)c4)cc3)cc2[nH]1. The van der Waals surface area contributed by atoms with Crippen LogP contribution in [-0.4, -0.2) is 29.2 Å². The summed E-state index contributed by atoms with van der Waals surface area (Å²) in [6, 6.07) is 17.6. The standard InChI is InChI=1S/C22H17Cl2N5O3S/c1-32-22(31)29-20-27-18-9-7-15(11-19(18)28-20)33-14-5-2-12(3-6-14)25-21(30)26-13-4-8-16(23)17(24)10-13/h2-11H,1H3,(H2,25,26,30)(H2,27,28,29,31). The van der Waals surface area contributed by atoms with Gasteiger partial charge in [-0.05, 0) is 60.7 Å². The van der Waals surface area contributed by atoms with E-state index >= 15 is 0 Å². The van der Waals surface area contributed by atoms with Crippen LogP contribution in [0.2, 0.25) is 10.0 Å². The third kappa shape index (κ3) is 5.89. The molecule has 0 saturated heterocycles. The number of nitrogens with zero attached hydrogens (tertiary/aromatic N) is 1. The molecule has 0 radical (unpaired) electrons. The fourth-order valence-electron chi connectivity index (χ4n) is 2.87. The van der Waals surface area contributed by atoms with Crippen molar-refractivity contribution in [3.8, 4) is 0 Å². The molecule has 4 aromatic rings. The largest absolute Gasteiger partial charge is 0.453 e. The molecule has 0 atom stereocenters. The van der Waals surface area contributed by atoms with Crippen molar-refractivity contribution in [2.24, 2.45) is 0 Å². The van der Waals surface area contributed by atoms with Gasteiger partial charge in [-0.3, -0.25) is 5.32 Å². The maximum Gasteiger partial charge on any atom is 0.413 e. The van der Waals surface area contributed by atoms with Crippen LogP contribution < -0.4 is 16.0 Å². The predicted octanol–water partition coefficient (Wildman–Crippen LogP) is 6.84. The Morgan fingerprint density at radius 3 is 2.30 bits per heavy atom. The molecule has 0 fully saturated rings. The number of nitrogens with one attached hydrogen (secondary N) is 4. The molecule has 0 bridgehead atoms. The van der Waals surface area contributed by atoms with Crippen LogP contribution in [0.4, 0.5) is 26.9 Å². The Kier molecular flexibility index (Phi) is 6.93. The molecule has 33 heavy (non-hydrogen) atoms. The molecule has 0 aliphatic rings. The Bertz CT molecular complexity index is 1330. The molecule has 0 aliphatic heterocycles. The van der Waals surface area contributed by atoms with Gasteiger partial charge in [-0.1, -0.05) is 35.0 Å². The van der Waals surface area contributed by atoms with Crippen LogP contribution in [0.1, 0.15) is 0 Å². The molecule has 4 rings (SSSR count). The number of halogens is 2. The summed E-state index contributed by atoms with van der Waals surface area (Å²) in [5.74, 6) is 0.313. The predicted molar refractivity (Wildman–Crippen MR) is 132 cm³/mol. The number of methoxy groups -OCH3 is 1. The Morgan fingerprint density at radius 1 is 0.879 bits per heavy atom. The number of H-pyrrole nitrogens is 1. The molecule has 1 heterocycles. The Hall–Kier alpha value is -3.40. The number of carbonyl (C=O) groups is 2. The molecule has 3 aromatic carbocycles. The fourth-order valence-corrected chi connectivity index (χ4v) is 4.02. The van der Waals surface area contributed by atoms with Crippen molar-refractivity contribution in [3.05, 3.63) is 70.7 Å². The highest BCUT2D eigenvalue weighted by molar-refractivity contribution is 7.99. The molecule has 0 unspecified atom stereocenters. The second-order valence-electron chi connectivity index (χ2n) is 6.72. The van der Waals surface area contributed by atoms with E-state index in [1.54, 1.807) is 30.0 Å². The highest BCUT2D eigenvalue weighted by Gasteiger charge is 2.09. The van der Waals surface area contributed by atoms with Crippen molar-refractivity contribution in [3.63, 3.8) is 0 Å². The first-order chi connectivity index (χ1) is 15.9. The maximum atomic E-state index is 12.2. The number of ether oxygens (including phenoxy) is 1. The Labute approximate surface area is 203 Å². The van der Waals surface area contributed by atoms with Crippen LogP contribution in [0.5, 0.6) is 0 Å². The van der Waals surface area contributed by atoms with Crippen molar-refractivity contribution in [2.45, 2.75) is 9.79 Å². The van der Waals surface area contributed by atoms with E-state index in [1.807, 2.05) is 42.5 Å². The third-order valence-corrected chi connectivity index (χ3v) is 6.12. The maximum absolute atomic E-state index is 12.2. The van der Waals surface area contributed by atoms with Gasteiger partial charge >= 0.3 is 12.1 Å². The fraction of sp³-hybridized carbons (Fsp3) is 0.0455. The first-order valence-electron chi connectivity index (χ1n) is 9.55. The molecule has 1 aromatic heterocycles. The number of imidazole rings is 1. The monoisotopic (exact) mass is 501 g/mol. The minimum absolute atomic E-state index is 0.313. The Balaban J connectivity index is 1.37. The number of hydrogen-bond acceptors (Lipinski definition) is 5. The minimum atomic E-state index is -0.594. The molecule has 8 nitrogen and oxygen atoms in total. The summed E-state index contributed by atoms with van der Waals surface area (Å²) in [5.41, 5.74) is 2.68. The number of amides is 3. The van der Waals surface area contributed by atoms with E-state index in [2.05, 4.69) is 30.7 Å². The van der Waals surface area contributed by atoms with Gasteiger partial charge in [0.25, 0.3) is 0 Å². The van der Waals surface area contributed by atoms with E-state index in [4.69, 9.17) is 23.2 Å². The molecule has 4 N–H and O–H groups in total. The number of fused-ring (bicyclic) bond motifs is 1. The van der Waals surface area contributed by atoms with Gasteiger partial charge in [-0.15, -0.1) is 0 Å². The van der Waals surface area contributed by atoms with E-state index in [1.165, 1.54) is 7.11 Å². The van der Waals surface area contributed by atoms with Gasteiger partial charge in [0, 0.05) is 21.2 Å². The molecule has 168 valence electrons. The zero-order chi connectivity index (χ0) is 23.4. The van der Waals surface area contributed by atoms with Crippen molar-refractivity contribution in [1.29, 1.82) is 0 Å². The quantitative estimate of drug-likeness (QED) is 0.239. The first-order valence-corrected chi connectivity index (χ1v) is 11.1. The molecule has 3 amide bonds. The highest BCUT2D eigenvalue weighted by Crippen LogP contribution is 2.31. The highest BCUT2D eigenvalue weighted by atomic mass is 35.5. The third-order valence-electron chi connectivity index (χ3n) is 4.38. The number of urea groups is 1. The molecule has 11 heteroatoms. The normalized spacial score (nSPS) is 10.6. The molecular weight excluding hydrogens is 485 g/mol. The summed E-state index contributed by atoms with van der Waals surface area (Å²) in [5, 5.41) is 8.76. The summed E-state index contributed by atoms with van der Waals surface area (Å²) in [4.78, 5) is 32.9. The van der Waals surface area contributed by atoms with Crippen LogP contribution in [0, 0.1) is 0 Å². The lowest BCUT2D eigenvalue weighted by molar-refractivity contribution is 0.186. The zero-order valence-corrected chi connectivity index (χ0v) is 19.4. The summed E-state index contributed by atoms with van der Waals surface area (Å²) >= 11 is 13.4. The smallest absolute Gasteiger partial charge is 0.413 e. The van der Waals surface area contributed by atoms with Gasteiger partial charge in [-0.2, -0.15) is 0 Å². The summed E-state index contributed by atoms with van der Waals surface area (Å²) in [6.07, 6.45) is -0.594. The van der Waals surface area contributed by atoms with Crippen molar-refractivity contribution >= 4 is 75.4 Å². The molecular formula is C22H17Cl2N5O3S. The molecule has 0 saturated carbocycles. The van der Waals surface area contributed by atoms with E-state index in [0.717, 1.165) is 20.8 Å². The van der Waals surface area contributed by atoms with Crippen molar-refractivity contribution < 1.29 is 14.3 Å². The lowest BCUT2D eigenvalue weighted by Crippen LogP contribution is -2.19. The number of anilines is 3. The van der Waals surface area contributed by atoms with Crippen molar-refractivity contribution in [1.82, 2.24) is 9.97 Å². The first kappa shape index (κ1) is 22.8. The van der Waals surface area contributed by atoms with Crippen LogP contribution in [0.3, 0.4) is 0 Å². The van der Waals surface area contributed by atoms with E-state index in [0.29, 0.717) is 27.4 Å². The number of rotatable bonds is 5. The van der Waals surface area contributed by atoms with Crippen LogP contribution in [-0.2, 0) is 4.74 Å². The second kappa shape index (κ2) is 10.0. The second-order valence-corrected chi connectivity index (χ2v) is 8.68. The van der Waals surface area contributed by atoms with Gasteiger partial charge < -0.3 is 20.4 Å². The topological polar surface area (TPSA) is 108 Å². The van der Waals surface area contributed by atoms with Gasteiger partial charge in [0.2, 0.25) is 5.95 Å². The van der Waals surface area contributed by atoms with Gasteiger partial charge in [-0.25, -0.2) is 14.6 Å². The number of carbonyl (C=O) groups excluding carboxylic acids is 2. The molecule has 0 aliphatic carbocycles.